The fourth-order valence-corrected chi connectivity index (χ4v) is 1.89. The lowest BCUT2D eigenvalue weighted by Gasteiger charge is -2.22. The lowest BCUT2D eigenvalue weighted by Crippen LogP contribution is -2.28. The molecule has 0 bridgehead atoms. The minimum Gasteiger partial charge on any atom is -0.383 e. The van der Waals surface area contributed by atoms with Crippen LogP contribution in [0.2, 0.25) is 0 Å². The summed E-state index contributed by atoms with van der Waals surface area (Å²) < 4.78 is 5.14. The van der Waals surface area contributed by atoms with E-state index >= 15 is 0 Å². The van der Waals surface area contributed by atoms with E-state index < -0.39 is 0 Å². The number of hydrogen-bond acceptors (Lipinski definition) is 4. The van der Waals surface area contributed by atoms with Crippen LogP contribution in [0.25, 0.3) is 0 Å². The summed E-state index contributed by atoms with van der Waals surface area (Å²) in [6, 6.07) is 4.30. The zero-order valence-corrected chi connectivity index (χ0v) is 12.0. The molecule has 1 aromatic rings. The first-order chi connectivity index (χ1) is 8.71. The van der Waals surface area contributed by atoms with Gasteiger partial charge in [-0.2, -0.15) is 0 Å². The summed E-state index contributed by atoms with van der Waals surface area (Å²) in [6.45, 7) is 10.7. The van der Waals surface area contributed by atoms with Crippen molar-refractivity contribution in [2.75, 3.05) is 38.3 Å². The number of ether oxygens (including phenoxy) is 1. The molecular weight excluding hydrogens is 226 g/mol. The molecule has 0 aliphatic heterocycles. The minimum atomic E-state index is 0.728. The maximum absolute atomic E-state index is 5.14. The average molecular weight is 251 g/mol. The number of nitrogens with zero attached hydrogens (tertiary/aromatic N) is 2. The summed E-state index contributed by atoms with van der Waals surface area (Å²) in [4.78, 5) is 6.85. The van der Waals surface area contributed by atoms with Crippen molar-refractivity contribution in [1.82, 2.24) is 10.3 Å². The van der Waals surface area contributed by atoms with Crippen LogP contribution >= 0.6 is 0 Å². The highest BCUT2D eigenvalue weighted by Gasteiger charge is 2.07. The van der Waals surface area contributed by atoms with Gasteiger partial charge in [0.25, 0.3) is 0 Å². The minimum absolute atomic E-state index is 0.728. The molecule has 0 unspecified atom stereocenters. The van der Waals surface area contributed by atoms with Crippen molar-refractivity contribution < 1.29 is 4.74 Å². The van der Waals surface area contributed by atoms with Gasteiger partial charge >= 0.3 is 0 Å². The third-order valence-electron chi connectivity index (χ3n) is 2.85. The number of aromatic nitrogens is 1. The Morgan fingerprint density at radius 3 is 2.72 bits per heavy atom. The highest BCUT2D eigenvalue weighted by atomic mass is 16.5. The number of aryl methyl sites for hydroxylation is 1. The molecule has 102 valence electrons. The zero-order chi connectivity index (χ0) is 13.4. The smallest absolute Gasteiger partial charge is 0.129 e. The first-order valence-electron chi connectivity index (χ1n) is 6.63. The molecule has 1 N–H and O–H groups in total. The number of nitrogens with one attached hydrogen (secondary N) is 1. The molecule has 0 aliphatic rings. The summed E-state index contributed by atoms with van der Waals surface area (Å²) in [5.74, 6) is 1.04. The van der Waals surface area contributed by atoms with Gasteiger partial charge in [0, 0.05) is 32.4 Å². The van der Waals surface area contributed by atoms with E-state index in [0.29, 0.717) is 0 Å². The van der Waals surface area contributed by atoms with E-state index in [1.807, 2.05) is 6.92 Å². The predicted octanol–water partition coefficient (Wildman–Crippen LogP) is 1.97. The van der Waals surface area contributed by atoms with Gasteiger partial charge in [-0.15, -0.1) is 0 Å². The number of pyridine rings is 1. The van der Waals surface area contributed by atoms with Gasteiger partial charge in [-0.05, 0) is 38.1 Å². The predicted molar refractivity (Wildman–Crippen MR) is 76.1 cm³/mol. The van der Waals surface area contributed by atoms with E-state index in [4.69, 9.17) is 4.74 Å². The van der Waals surface area contributed by atoms with Crippen LogP contribution in [0, 0.1) is 6.92 Å². The van der Waals surface area contributed by atoms with Crippen LogP contribution in [0.15, 0.2) is 12.1 Å². The quantitative estimate of drug-likeness (QED) is 0.766. The van der Waals surface area contributed by atoms with Gasteiger partial charge in [-0.3, -0.25) is 0 Å². The Kier molecular flexibility index (Phi) is 6.68. The monoisotopic (exact) mass is 251 g/mol. The summed E-state index contributed by atoms with van der Waals surface area (Å²) in [6.07, 6.45) is 0. The van der Waals surface area contributed by atoms with Crippen LogP contribution in [-0.2, 0) is 11.3 Å². The van der Waals surface area contributed by atoms with E-state index in [-0.39, 0.29) is 0 Å². The largest absolute Gasteiger partial charge is 0.383 e. The highest BCUT2D eigenvalue weighted by molar-refractivity contribution is 5.42. The molecule has 0 fully saturated rings. The molecule has 18 heavy (non-hydrogen) atoms. The maximum atomic E-state index is 5.14. The first kappa shape index (κ1) is 14.9. The second-order valence-corrected chi connectivity index (χ2v) is 4.33. The second kappa shape index (κ2) is 8.06. The van der Waals surface area contributed by atoms with Gasteiger partial charge in [0.05, 0.1) is 6.61 Å². The molecule has 0 amide bonds. The SMILES string of the molecule is CCNCc1cc(C)nc(N(CC)CCOC)c1. The fourth-order valence-electron chi connectivity index (χ4n) is 1.89. The van der Waals surface area contributed by atoms with Gasteiger partial charge in [-0.1, -0.05) is 6.92 Å². The third kappa shape index (κ3) is 4.63. The van der Waals surface area contributed by atoms with Crippen molar-refractivity contribution in [3.8, 4) is 0 Å². The van der Waals surface area contributed by atoms with E-state index in [9.17, 15) is 0 Å². The van der Waals surface area contributed by atoms with Crippen LogP contribution in [0.4, 0.5) is 5.82 Å². The number of anilines is 1. The topological polar surface area (TPSA) is 37.4 Å². The number of likely N-dealkylation sites (N-methyl/N-ethyl adjacent to an activating group) is 1. The molecule has 4 heteroatoms. The molecule has 0 saturated heterocycles. The molecule has 0 radical (unpaired) electrons. The molecule has 0 spiro atoms. The van der Waals surface area contributed by atoms with Crippen molar-refractivity contribution in [3.05, 3.63) is 23.4 Å². The highest BCUT2D eigenvalue weighted by Crippen LogP contribution is 2.14. The lowest BCUT2D eigenvalue weighted by atomic mass is 10.2. The first-order valence-corrected chi connectivity index (χ1v) is 6.63. The molecule has 1 aromatic heterocycles. The van der Waals surface area contributed by atoms with Gasteiger partial charge < -0.3 is 15.0 Å². The molecule has 4 nitrogen and oxygen atoms in total. The summed E-state index contributed by atoms with van der Waals surface area (Å²) in [5.41, 5.74) is 2.35. The van der Waals surface area contributed by atoms with Gasteiger partial charge in [0.15, 0.2) is 0 Å². The Hall–Kier alpha value is -1.13. The van der Waals surface area contributed by atoms with Gasteiger partial charge in [0.1, 0.15) is 5.82 Å². The van der Waals surface area contributed by atoms with Crippen molar-refractivity contribution in [1.29, 1.82) is 0 Å². The molecule has 1 rings (SSSR count). The second-order valence-electron chi connectivity index (χ2n) is 4.33. The van der Waals surface area contributed by atoms with Crippen LogP contribution < -0.4 is 10.2 Å². The Bertz CT molecular complexity index is 355. The number of methoxy groups -OCH3 is 1. The van der Waals surface area contributed by atoms with Crippen LogP contribution in [0.3, 0.4) is 0 Å². The van der Waals surface area contributed by atoms with E-state index in [2.05, 4.69) is 41.2 Å². The molecule has 1 heterocycles. The summed E-state index contributed by atoms with van der Waals surface area (Å²) >= 11 is 0. The Morgan fingerprint density at radius 2 is 2.11 bits per heavy atom. The Balaban J connectivity index is 2.81. The Morgan fingerprint density at radius 1 is 1.33 bits per heavy atom. The standard InChI is InChI=1S/C14H25N3O/c1-5-15-11-13-9-12(3)16-14(10-13)17(6-2)7-8-18-4/h9-10,15H,5-8,11H2,1-4H3. The lowest BCUT2D eigenvalue weighted by molar-refractivity contribution is 0.205. The molecule has 0 atom stereocenters. The van der Waals surface area contributed by atoms with E-state index in [1.54, 1.807) is 7.11 Å². The van der Waals surface area contributed by atoms with Gasteiger partial charge in [-0.25, -0.2) is 4.98 Å². The molecular formula is C14H25N3O. The average Bonchev–Trinajstić information content (AvgIpc) is 2.37. The molecule has 0 saturated carbocycles. The third-order valence-corrected chi connectivity index (χ3v) is 2.85. The Labute approximate surface area is 110 Å². The maximum Gasteiger partial charge on any atom is 0.129 e. The summed E-state index contributed by atoms with van der Waals surface area (Å²) in [5, 5.41) is 3.35. The van der Waals surface area contributed by atoms with Crippen LogP contribution in [0.1, 0.15) is 25.1 Å². The number of hydrogen-bond donors (Lipinski definition) is 1. The van der Waals surface area contributed by atoms with E-state index in [1.165, 1.54) is 5.56 Å². The fraction of sp³-hybridized carbons (Fsp3) is 0.643. The number of rotatable bonds is 8. The van der Waals surface area contributed by atoms with Gasteiger partial charge in [0.2, 0.25) is 0 Å². The van der Waals surface area contributed by atoms with Crippen molar-refractivity contribution in [3.63, 3.8) is 0 Å². The van der Waals surface area contributed by atoms with Crippen molar-refractivity contribution in [2.24, 2.45) is 0 Å². The molecule has 0 aromatic carbocycles. The molecule has 0 aliphatic carbocycles. The summed E-state index contributed by atoms with van der Waals surface area (Å²) in [7, 11) is 1.73. The van der Waals surface area contributed by atoms with Crippen molar-refractivity contribution >= 4 is 5.82 Å². The van der Waals surface area contributed by atoms with Crippen LogP contribution in [-0.4, -0.2) is 38.3 Å². The van der Waals surface area contributed by atoms with Crippen molar-refractivity contribution in [2.45, 2.75) is 27.3 Å². The van der Waals surface area contributed by atoms with E-state index in [0.717, 1.165) is 44.3 Å². The zero-order valence-electron chi connectivity index (χ0n) is 12.0. The van der Waals surface area contributed by atoms with Crippen LogP contribution in [0.5, 0.6) is 0 Å². The normalized spacial score (nSPS) is 10.7.